The van der Waals surface area contributed by atoms with Crippen LogP contribution in [0.5, 0.6) is 0 Å². The molecule has 5 aromatic rings. The summed E-state index contributed by atoms with van der Waals surface area (Å²) >= 11 is 6.07. The molecule has 0 radical (unpaired) electrons. The molecule has 1 unspecified atom stereocenters. The van der Waals surface area contributed by atoms with Crippen LogP contribution in [0, 0.1) is 11.6 Å². The summed E-state index contributed by atoms with van der Waals surface area (Å²) in [7, 11) is 0. The zero-order chi connectivity index (χ0) is 22.4. The zero-order valence-electron chi connectivity index (χ0n) is 16.7. The Balaban J connectivity index is 1.64. The van der Waals surface area contributed by atoms with E-state index in [1.165, 1.54) is 29.2 Å². The van der Waals surface area contributed by atoms with Crippen LogP contribution in [-0.2, 0) is 0 Å². The molecule has 3 heterocycles. The molecule has 0 fully saturated rings. The van der Waals surface area contributed by atoms with E-state index in [-0.39, 0.29) is 22.6 Å². The van der Waals surface area contributed by atoms with E-state index in [9.17, 15) is 8.78 Å². The normalized spacial score (nSPS) is 12.4. The smallest absolute Gasteiger partial charge is 0.148 e. The highest BCUT2D eigenvalue weighted by Crippen LogP contribution is 2.36. The first-order chi connectivity index (χ1) is 15.4. The molecular weight excluding hydrogens is 436 g/mol. The molecule has 0 aliphatic carbocycles. The first kappa shape index (κ1) is 20.1. The number of anilines is 1. The lowest BCUT2D eigenvalue weighted by Crippen LogP contribution is -2.07. The molecule has 160 valence electrons. The van der Waals surface area contributed by atoms with Crippen molar-refractivity contribution in [1.29, 1.82) is 0 Å². The van der Waals surface area contributed by atoms with Crippen molar-refractivity contribution >= 4 is 28.5 Å². The van der Waals surface area contributed by atoms with E-state index in [1.807, 2.05) is 11.5 Å². The van der Waals surface area contributed by atoms with Gasteiger partial charge in [0.2, 0.25) is 0 Å². The van der Waals surface area contributed by atoms with Crippen LogP contribution in [0.3, 0.4) is 0 Å². The molecule has 0 bridgehead atoms. The van der Waals surface area contributed by atoms with E-state index in [2.05, 4.69) is 20.3 Å². The number of nitrogens with two attached hydrogens (primary N) is 1. The minimum atomic E-state index is -0.468. The molecule has 0 amide bonds. The molecular formula is C22H16ClF2N7. The molecule has 2 aromatic carbocycles. The van der Waals surface area contributed by atoms with Gasteiger partial charge in [0.05, 0.1) is 17.6 Å². The van der Waals surface area contributed by atoms with Gasteiger partial charge in [-0.3, -0.25) is 0 Å². The Morgan fingerprint density at radius 2 is 1.88 bits per heavy atom. The van der Waals surface area contributed by atoms with Crippen molar-refractivity contribution in [1.82, 2.24) is 29.5 Å². The zero-order valence-corrected chi connectivity index (χ0v) is 17.5. The number of para-hydroxylation sites is 1. The quantitative estimate of drug-likeness (QED) is 0.424. The van der Waals surface area contributed by atoms with E-state index >= 15 is 0 Å². The summed E-state index contributed by atoms with van der Waals surface area (Å²) in [5.74, 6) is -0.621. The molecule has 0 saturated carbocycles. The SMILES string of the molecule is CC(c1cn(-c2ccccc2F)nn1)n1cc(-c2cc(F)cc(Cl)c2)c2c(N)ncnc21. The molecule has 5 rings (SSSR count). The number of rotatable bonds is 4. The van der Waals surface area contributed by atoms with Crippen molar-refractivity contribution in [3.8, 4) is 16.8 Å². The van der Waals surface area contributed by atoms with Crippen molar-refractivity contribution in [2.24, 2.45) is 0 Å². The highest BCUT2D eigenvalue weighted by molar-refractivity contribution is 6.31. The van der Waals surface area contributed by atoms with Gasteiger partial charge in [0, 0.05) is 16.8 Å². The molecule has 1 atom stereocenters. The average molecular weight is 452 g/mol. The minimum absolute atomic E-state index is 0.256. The summed E-state index contributed by atoms with van der Waals surface area (Å²) in [5, 5.41) is 9.12. The van der Waals surface area contributed by atoms with E-state index in [0.717, 1.165) is 0 Å². The average Bonchev–Trinajstić information content (AvgIpc) is 3.39. The Hall–Kier alpha value is -3.85. The number of fused-ring (bicyclic) bond motifs is 1. The standard InChI is InChI=1S/C22H16ClF2N7/c1-12(18-10-32(30-29-18)19-5-3-2-4-17(19)25)31-9-16(13-6-14(23)8-15(24)7-13)20-21(26)27-11-28-22(20)31/h2-12H,1H3,(H2,26,27,28). The molecule has 10 heteroatoms. The summed E-state index contributed by atoms with van der Waals surface area (Å²) in [6.07, 6.45) is 4.81. The van der Waals surface area contributed by atoms with Crippen LogP contribution in [0.25, 0.3) is 27.8 Å². The van der Waals surface area contributed by atoms with Gasteiger partial charge in [0.25, 0.3) is 0 Å². The Kier molecular flexibility index (Phi) is 4.82. The van der Waals surface area contributed by atoms with Crippen molar-refractivity contribution in [3.63, 3.8) is 0 Å². The van der Waals surface area contributed by atoms with Gasteiger partial charge in [0.1, 0.15) is 40.8 Å². The maximum absolute atomic E-state index is 14.2. The van der Waals surface area contributed by atoms with E-state index < -0.39 is 11.6 Å². The van der Waals surface area contributed by atoms with Gasteiger partial charge in [-0.1, -0.05) is 28.9 Å². The molecule has 2 N–H and O–H groups in total. The molecule has 7 nitrogen and oxygen atoms in total. The number of hydrogen-bond acceptors (Lipinski definition) is 5. The summed E-state index contributed by atoms with van der Waals surface area (Å²) in [6, 6.07) is 10.2. The Labute approximate surface area is 186 Å². The van der Waals surface area contributed by atoms with Gasteiger partial charge >= 0.3 is 0 Å². The van der Waals surface area contributed by atoms with Crippen LogP contribution in [-0.4, -0.2) is 29.5 Å². The lowest BCUT2D eigenvalue weighted by Gasteiger charge is -2.11. The monoisotopic (exact) mass is 451 g/mol. The second-order valence-electron chi connectivity index (χ2n) is 7.28. The van der Waals surface area contributed by atoms with Crippen molar-refractivity contribution in [3.05, 3.63) is 83.5 Å². The summed E-state index contributed by atoms with van der Waals surface area (Å²) in [6.45, 7) is 1.90. The lowest BCUT2D eigenvalue weighted by molar-refractivity contribution is 0.607. The second-order valence-corrected chi connectivity index (χ2v) is 7.72. The molecule has 0 spiro atoms. The first-order valence-corrected chi connectivity index (χ1v) is 10.0. The summed E-state index contributed by atoms with van der Waals surface area (Å²) in [4.78, 5) is 8.48. The molecule has 0 aliphatic heterocycles. The number of benzene rings is 2. The predicted octanol–water partition coefficient (Wildman–Crippen LogP) is 4.80. The van der Waals surface area contributed by atoms with Crippen LogP contribution in [0.2, 0.25) is 5.02 Å². The molecule has 0 aliphatic rings. The maximum atomic E-state index is 14.2. The number of aromatic nitrogens is 6. The van der Waals surface area contributed by atoms with Crippen LogP contribution >= 0.6 is 11.6 Å². The third kappa shape index (κ3) is 3.36. The highest BCUT2D eigenvalue weighted by Gasteiger charge is 2.22. The van der Waals surface area contributed by atoms with Crippen molar-refractivity contribution in [2.75, 3.05) is 5.73 Å². The van der Waals surface area contributed by atoms with Crippen LogP contribution in [0.4, 0.5) is 14.6 Å². The minimum Gasteiger partial charge on any atom is -0.383 e. The largest absolute Gasteiger partial charge is 0.383 e. The number of halogens is 3. The number of hydrogen-bond donors (Lipinski definition) is 1. The maximum Gasteiger partial charge on any atom is 0.148 e. The fourth-order valence-electron chi connectivity index (χ4n) is 3.70. The lowest BCUT2D eigenvalue weighted by atomic mass is 10.1. The van der Waals surface area contributed by atoms with E-state index in [4.69, 9.17) is 17.3 Å². The fourth-order valence-corrected chi connectivity index (χ4v) is 3.92. The summed E-state index contributed by atoms with van der Waals surface area (Å²) in [5.41, 5.74) is 8.74. The van der Waals surface area contributed by atoms with Gasteiger partial charge < -0.3 is 10.3 Å². The second kappa shape index (κ2) is 7.69. The molecule has 0 saturated heterocycles. The van der Waals surface area contributed by atoms with Crippen molar-refractivity contribution < 1.29 is 8.78 Å². The van der Waals surface area contributed by atoms with Gasteiger partial charge in [-0.2, -0.15) is 0 Å². The van der Waals surface area contributed by atoms with Gasteiger partial charge in [-0.15, -0.1) is 5.10 Å². The van der Waals surface area contributed by atoms with Gasteiger partial charge in [0.15, 0.2) is 0 Å². The van der Waals surface area contributed by atoms with Crippen LogP contribution in [0.1, 0.15) is 18.7 Å². The van der Waals surface area contributed by atoms with Crippen LogP contribution in [0.15, 0.2) is 61.2 Å². The molecule has 32 heavy (non-hydrogen) atoms. The number of nitrogen functional groups attached to an aromatic ring is 1. The number of nitrogens with zero attached hydrogens (tertiary/aromatic N) is 6. The highest BCUT2D eigenvalue weighted by atomic mass is 35.5. The Bertz CT molecular complexity index is 1440. The predicted molar refractivity (Wildman–Crippen MR) is 117 cm³/mol. The van der Waals surface area contributed by atoms with Crippen LogP contribution < -0.4 is 5.73 Å². The first-order valence-electron chi connectivity index (χ1n) is 9.67. The third-order valence-corrected chi connectivity index (χ3v) is 5.49. The van der Waals surface area contributed by atoms with E-state index in [1.54, 1.807) is 36.7 Å². The fraction of sp³-hybridized carbons (Fsp3) is 0.0909. The third-order valence-electron chi connectivity index (χ3n) is 5.27. The van der Waals surface area contributed by atoms with E-state index in [0.29, 0.717) is 27.9 Å². The topological polar surface area (TPSA) is 87.4 Å². The van der Waals surface area contributed by atoms with Gasteiger partial charge in [-0.25, -0.2) is 23.4 Å². The Morgan fingerprint density at radius 3 is 2.66 bits per heavy atom. The summed E-state index contributed by atoms with van der Waals surface area (Å²) < 4.78 is 31.4. The molecule has 3 aromatic heterocycles. The van der Waals surface area contributed by atoms with Crippen molar-refractivity contribution in [2.45, 2.75) is 13.0 Å². The van der Waals surface area contributed by atoms with Gasteiger partial charge in [-0.05, 0) is 42.8 Å². The Morgan fingerprint density at radius 1 is 1.06 bits per heavy atom.